The number of aromatic nitrogens is 2. The molecular formula is C14H19N3O. The lowest BCUT2D eigenvalue weighted by Crippen LogP contribution is -2.20. The van der Waals surface area contributed by atoms with Crippen molar-refractivity contribution < 1.29 is 4.79 Å². The highest BCUT2D eigenvalue weighted by atomic mass is 16.1. The van der Waals surface area contributed by atoms with Crippen LogP contribution in [0.3, 0.4) is 0 Å². The number of hydrogen-bond acceptors (Lipinski definition) is 2. The molecule has 4 nitrogen and oxygen atoms in total. The number of fused-ring (bicyclic) bond motifs is 1. The van der Waals surface area contributed by atoms with Crippen LogP contribution < -0.4 is 5.32 Å². The number of unbranched alkanes of at least 4 members (excludes halogenated alkanes) is 2. The van der Waals surface area contributed by atoms with Crippen LogP contribution in [0.25, 0.3) is 11.0 Å². The first-order chi connectivity index (χ1) is 8.75. The van der Waals surface area contributed by atoms with E-state index in [1.807, 2.05) is 24.3 Å². The molecule has 2 aromatic rings. The summed E-state index contributed by atoms with van der Waals surface area (Å²) in [5.41, 5.74) is 2.14. The quantitative estimate of drug-likeness (QED) is 0.768. The van der Waals surface area contributed by atoms with Gasteiger partial charge in [0, 0.05) is 19.9 Å². The second kappa shape index (κ2) is 6.19. The van der Waals surface area contributed by atoms with E-state index in [4.69, 9.17) is 0 Å². The van der Waals surface area contributed by atoms with Crippen molar-refractivity contribution in [3.05, 3.63) is 30.1 Å². The Labute approximate surface area is 107 Å². The molecule has 0 aliphatic carbocycles. The fourth-order valence-electron chi connectivity index (χ4n) is 1.98. The lowest BCUT2D eigenvalue weighted by molar-refractivity contribution is -0.118. The average molecular weight is 245 g/mol. The minimum Gasteiger partial charge on any atom is -0.356 e. The first kappa shape index (κ1) is 12.6. The zero-order valence-corrected chi connectivity index (χ0v) is 10.7. The molecule has 0 aliphatic heterocycles. The summed E-state index contributed by atoms with van der Waals surface area (Å²) in [6.45, 7) is 2.32. The molecule has 1 aromatic heterocycles. The summed E-state index contributed by atoms with van der Waals surface area (Å²) in [6.07, 6.45) is 4.20. The van der Waals surface area contributed by atoms with Gasteiger partial charge in [-0.25, -0.2) is 4.98 Å². The van der Waals surface area contributed by atoms with Gasteiger partial charge < -0.3 is 10.3 Å². The van der Waals surface area contributed by atoms with Crippen LogP contribution in [0, 0.1) is 0 Å². The minimum atomic E-state index is 0.0484. The SMILES string of the molecule is CC(=O)NCCCCCc1nc2ccccc2[nH]1. The Balaban J connectivity index is 1.72. The van der Waals surface area contributed by atoms with Gasteiger partial charge in [0.2, 0.25) is 5.91 Å². The van der Waals surface area contributed by atoms with Crippen LogP contribution >= 0.6 is 0 Å². The number of carbonyl (C=O) groups is 1. The van der Waals surface area contributed by atoms with Crippen molar-refractivity contribution in [2.75, 3.05) is 6.54 Å². The average Bonchev–Trinajstić information content (AvgIpc) is 2.75. The summed E-state index contributed by atoms with van der Waals surface area (Å²) >= 11 is 0. The van der Waals surface area contributed by atoms with E-state index in [0.29, 0.717) is 0 Å². The number of benzene rings is 1. The van der Waals surface area contributed by atoms with Crippen LogP contribution in [0.4, 0.5) is 0 Å². The summed E-state index contributed by atoms with van der Waals surface area (Å²) in [5, 5.41) is 2.80. The van der Waals surface area contributed by atoms with E-state index in [1.165, 1.54) is 0 Å². The highest BCUT2D eigenvalue weighted by molar-refractivity contribution is 5.74. The zero-order chi connectivity index (χ0) is 12.8. The molecule has 0 saturated heterocycles. The molecule has 1 heterocycles. The Kier molecular flexibility index (Phi) is 4.34. The normalized spacial score (nSPS) is 10.7. The molecule has 0 radical (unpaired) electrons. The Morgan fingerprint density at radius 2 is 2.11 bits per heavy atom. The van der Waals surface area contributed by atoms with Gasteiger partial charge >= 0.3 is 0 Å². The fraction of sp³-hybridized carbons (Fsp3) is 0.429. The third-order valence-electron chi connectivity index (χ3n) is 2.90. The maximum atomic E-state index is 10.7. The predicted octanol–water partition coefficient (Wildman–Crippen LogP) is 2.41. The molecule has 1 amide bonds. The number of aryl methyl sites for hydroxylation is 1. The molecule has 0 fully saturated rings. The van der Waals surface area contributed by atoms with Crippen molar-refractivity contribution in [1.29, 1.82) is 0 Å². The molecule has 0 spiro atoms. The van der Waals surface area contributed by atoms with E-state index >= 15 is 0 Å². The number of nitrogens with zero attached hydrogens (tertiary/aromatic N) is 1. The molecule has 2 N–H and O–H groups in total. The summed E-state index contributed by atoms with van der Waals surface area (Å²) in [7, 11) is 0. The van der Waals surface area contributed by atoms with Gasteiger partial charge in [-0.3, -0.25) is 4.79 Å². The fourth-order valence-corrected chi connectivity index (χ4v) is 1.98. The molecule has 0 bridgehead atoms. The predicted molar refractivity (Wildman–Crippen MR) is 72.3 cm³/mol. The van der Waals surface area contributed by atoms with Crippen molar-refractivity contribution in [2.45, 2.75) is 32.6 Å². The highest BCUT2D eigenvalue weighted by Crippen LogP contribution is 2.12. The molecule has 96 valence electrons. The number of para-hydroxylation sites is 2. The van der Waals surface area contributed by atoms with Gasteiger partial charge in [-0.15, -0.1) is 0 Å². The van der Waals surface area contributed by atoms with Crippen LogP contribution in [-0.4, -0.2) is 22.4 Å². The zero-order valence-electron chi connectivity index (χ0n) is 10.7. The Bertz CT molecular complexity index is 485. The number of H-pyrrole nitrogens is 1. The maximum Gasteiger partial charge on any atom is 0.216 e. The van der Waals surface area contributed by atoms with Crippen LogP contribution in [0.5, 0.6) is 0 Å². The van der Waals surface area contributed by atoms with Crippen molar-refractivity contribution in [3.63, 3.8) is 0 Å². The van der Waals surface area contributed by atoms with Crippen LogP contribution in [0.2, 0.25) is 0 Å². The monoisotopic (exact) mass is 245 g/mol. The van der Waals surface area contributed by atoms with E-state index in [1.54, 1.807) is 6.92 Å². The molecule has 2 rings (SSSR count). The molecule has 1 aromatic carbocycles. The second-order valence-corrected chi connectivity index (χ2v) is 4.49. The van der Waals surface area contributed by atoms with Gasteiger partial charge in [0.25, 0.3) is 0 Å². The summed E-state index contributed by atoms with van der Waals surface area (Å²) in [5.74, 6) is 1.10. The van der Waals surface area contributed by atoms with E-state index in [9.17, 15) is 4.79 Å². The summed E-state index contributed by atoms with van der Waals surface area (Å²) < 4.78 is 0. The molecule has 18 heavy (non-hydrogen) atoms. The van der Waals surface area contributed by atoms with E-state index in [0.717, 1.165) is 49.1 Å². The summed E-state index contributed by atoms with van der Waals surface area (Å²) in [4.78, 5) is 18.5. The van der Waals surface area contributed by atoms with E-state index in [-0.39, 0.29) is 5.91 Å². The van der Waals surface area contributed by atoms with Crippen molar-refractivity contribution in [2.24, 2.45) is 0 Å². The first-order valence-electron chi connectivity index (χ1n) is 6.44. The van der Waals surface area contributed by atoms with Gasteiger partial charge in [-0.1, -0.05) is 18.6 Å². The van der Waals surface area contributed by atoms with Gasteiger partial charge in [-0.2, -0.15) is 0 Å². The number of aromatic amines is 1. The standard InChI is InChI=1S/C14H19N3O/c1-11(18)15-10-6-2-3-9-14-16-12-7-4-5-8-13(12)17-14/h4-5,7-8H,2-3,6,9-10H2,1H3,(H,15,18)(H,16,17). The van der Waals surface area contributed by atoms with Gasteiger partial charge in [-0.05, 0) is 25.0 Å². The van der Waals surface area contributed by atoms with Crippen LogP contribution in [-0.2, 0) is 11.2 Å². The van der Waals surface area contributed by atoms with Gasteiger partial charge in [0.15, 0.2) is 0 Å². The number of imidazole rings is 1. The third-order valence-corrected chi connectivity index (χ3v) is 2.90. The number of hydrogen-bond donors (Lipinski definition) is 2. The topological polar surface area (TPSA) is 57.8 Å². The summed E-state index contributed by atoms with van der Waals surface area (Å²) in [6, 6.07) is 8.08. The van der Waals surface area contributed by atoms with E-state index < -0.39 is 0 Å². The Morgan fingerprint density at radius 3 is 2.89 bits per heavy atom. The van der Waals surface area contributed by atoms with Crippen molar-refractivity contribution in [3.8, 4) is 0 Å². The molecule has 0 atom stereocenters. The Hall–Kier alpha value is -1.84. The highest BCUT2D eigenvalue weighted by Gasteiger charge is 2.01. The number of nitrogens with one attached hydrogen (secondary N) is 2. The largest absolute Gasteiger partial charge is 0.356 e. The number of rotatable bonds is 6. The van der Waals surface area contributed by atoms with Gasteiger partial charge in [0.1, 0.15) is 5.82 Å². The lowest BCUT2D eigenvalue weighted by Gasteiger charge is -2.01. The van der Waals surface area contributed by atoms with Crippen LogP contribution in [0.1, 0.15) is 32.0 Å². The molecular weight excluding hydrogens is 226 g/mol. The Morgan fingerprint density at radius 1 is 1.28 bits per heavy atom. The molecule has 0 saturated carbocycles. The smallest absolute Gasteiger partial charge is 0.216 e. The third kappa shape index (κ3) is 3.58. The first-order valence-corrected chi connectivity index (χ1v) is 6.44. The van der Waals surface area contributed by atoms with Gasteiger partial charge in [0.05, 0.1) is 11.0 Å². The number of amides is 1. The van der Waals surface area contributed by atoms with Crippen LogP contribution in [0.15, 0.2) is 24.3 Å². The lowest BCUT2D eigenvalue weighted by atomic mass is 10.2. The second-order valence-electron chi connectivity index (χ2n) is 4.49. The van der Waals surface area contributed by atoms with Crippen molar-refractivity contribution >= 4 is 16.9 Å². The maximum absolute atomic E-state index is 10.7. The molecule has 4 heteroatoms. The van der Waals surface area contributed by atoms with Crippen molar-refractivity contribution in [1.82, 2.24) is 15.3 Å². The van der Waals surface area contributed by atoms with E-state index in [2.05, 4.69) is 15.3 Å². The number of carbonyl (C=O) groups excluding carboxylic acids is 1. The molecule has 0 unspecified atom stereocenters. The minimum absolute atomic E-state index is 0.0484. The molecule has 0 aliphatic rings.